The number of hydrogen-bond acceptors (Lipinski definition) is 2. The number of aliphatic hydroxyl groups excluding tert-OH is 1. The Bertz CT molecular complexity index is 138. The summed E-state index contributed by atoms with van der Waals surface area (Å²) in [4.78, 5) is 2.41. The molecule has 0 amide bonds. The molecule has 78 valence electrons. The van der Waals surface area contributed by atoms with E-state index >= 15 is 0 Å². The Hall–Kier alpha value is -0.0800. The molecule has 0 aromatic heterocycles. The zero-order chi connectivity index (χ0) is 9.68. The highest BCUT2D eigenvalue weighted by molar-refractivity contribution is 4.76. The second kappa shape index (κ2) is 5.61. The van der Waals surface area contributed by atoms with Gasteiger partial charge in [-0.05, 0) is 25.3 Å². The summed E-state index contributed by atoms with van der Waals surface area (Å²) in [6.45, 7) is 7.68. The fourth-order valence-electron chi connectivity index (χ4n) is 2.13. The van der Waals surface area contributed by atoms with Crippen LogP contribution in [0.25, 0.3) is 0 Å². The molecule has 0 bridgehead atoms. The molecule has 0 saturated carbocycles. The van der Waals surface area contributed by atoms with Gasteiger partial charge >= 0.3 is 0 Å². The Labute approximate surface area is 81.9 Å². The maximum absolute atomic E-state index is 9.63. The van der Waals surface area contributed by atoms with E-state index < -0.39 is 0 Å². The number of rotatable bonds is 5. The first-order chi connectivity index (χ1) is 6.26. The van der Waals surface area contributed by atoms with E-state index in [2.05, 4.69) is 18.7 Å². The molecule has 1 fully saturated rings. The number of β-amino-alcohol motifs (C(OH)–C–C–N with tert-alkyl or cyclic N) is 1. The molecule has 0 aromatic carbocycles. The molecule has 13 heavy (non-hydrogen) atoms. The lowest BCUT2D eigenvalue weighted by molar-refractivity contribution is 0.114. The van der Waals surface area contributed by atoms with E-state index in [9.17, 15) is 5.11 Å². The first-order valence-corrected chi connectivity index (χ1v) is 5.66. The van der Waals surface area contributed by atoms with Crippen LogP contribution in [-0.2, 0) is 0 Å². The van der Waals surface area contributed by atoms with Crippen molar-refractivity contribution in [1.29, 1.82) is 0 Å². The quantitative estimate of drug-likeness (QED) is 0.707. The van der Waals surface area contributed by atoms with E-state index in [1.807, 2.05) is 0 Å². The monoisotopic (exact) mass is 185 g/mol. The summed E-state index contributed by atoms with van der Waals surface area (Å²) in [7, 11) is 0. The summed E-state index contributed by atoms with van der Waals surface area (Å²) in [5.74, 6) is 0.883. The topological polar surface area (TPSA) is 23.5 Å². The molecule has 1 N–H and O–H groups in total. The number of likely N-dealkylation sites (tertiary alicyclic amines) is 1. The van der Waals surface area contributed by atoms with Crippen molar-refractivity contribution in [1.82, 2.24) is 4.90 Å². The molecular weight excluding hydrogens is 162 g/mol. The lowest BCUT2D eigenvalue weighted by atomic mass is 10.1. The van der Waals surface area contributed by atoms with Gasteiger partial charge in [-0.1, -0.05) is 26.7 Å². The van der Waals surface area contributed by atoms with Gasteiger partial charge in [0.2, 0.25) is 0 Å². The lowest BCUT2D eigenvalue weighted by Gasteiger charge is -2.19. The summed E-state index contributed by atoms with van der Waals surface area (Å²) in [5, 5.41) is 9.63. The van der Waals surface area contributed by atoms with Gasteiger partial charge in [-0.25, -0.2) is 0 Å². The van der Waals surface area contributed by atoms with Gasteiger partial charge in [0.1, 0.15) is 0 Å². The largest absolute Gasteiger partial charge is 0.392 e. The minimum Gasteiger partial charge on any atom is -0.392 e. The van der Waals surface area contributed by atoms with Crippen LogP contribution in [0.2, 0.25) is 0 Å². The molecule has 1 heterocycles. The summed E-state index contributed by atoms with van der Waals surface area (Å²) in [6.07, 6.45) is 4.57. The molecule has 1 rings (SSSR count). The van der Waals surface area contributed by atoms with Crippen molar-refractivity contribution in [2.45, 2.75) is 45.6 Å². The highest BCUT2D eigenvalue weighted by atomic mass is 16.3. The molecule has 0 aromatic rings. The zero-order valence-electron chi connectivity index (χ0n) is 9.00. The van der Waals surface area contributed by atoms with Crippen LogP contribution < -0.4 is 0 Å². The van der Waals surface area contributed by atoms with Gasteiger partial charge < -0.3 is 10.0 Å². The third-order valence-electron chi connectivity index (χ3n) is 3.04. The van der Waals surface area contributed by atoms with E-state index in [-0.39, 0.29) is 6.10 Å². The Morgan fingerprint density at radius 2 is 2.23 bits per heavy atom. The predicted molar refractivity (Wildman–Crippen MR) is 55.8 cm³/mol. The molecule has 1 aliphatic heterocycles. The molecule has 1 saturated heterocycles. The van der Waals surface area contributed by atoms with Crippen molar-refractivity contribution in [3.63, 3.8) is 0 Å². The van der Waals surface area contributed by atoms with Crippen LogP contribution in [0.3, 0.4) is 0 Å². The van der Waals surface area contributed by atoms with E-state index in [1.54, 1.807) is 0 Å². The first-order valence-electron chi connectivity index (χ1n) is 5.66. The molecule has 2 unspecified atom stereocenters. The van der Waals surface area contributed by atoms with E-state index in [1.165, 1.54) is 25.9 Å². The normalized spacial score (nSPS) is 26.5. The Morgan fingerprint density at radius 1 is 1.46 bits per heavy atom. The van der Waals surface area contributed by atoms with Crippen LogP contribution in [0.15, 0.2) is 0 Å². The molecular formula is C11H23NO. The van der Waals surface area contributed by atoms with Crippen LogP contribution >= 0.6 is 0 Å². The van der Waals surface area contributed by atoms with Crippen molar-refractivity contribution in [2.75, 3.05) is 19.6 Å². The molecule has 0 radical (unpaired) electrons. The van der Waals surface area contributed by atoms with Crippen molar-refractivity contribution in [3.8, 4) is 0 Å². The zero-order valence-corrected chi connectivity index (χ0v) is 9.00. The third-order valence-corrected chi connectivity index (χ3v) is 3.04. The van der Waals surface area contributed by atoms with Crippen LogP contribution in [0.4, 0.5) is 0 Å². The molecule has 1 aliphatic rings. The van der Waals surface area contributed by atoms with Crippen LogP contribution in [-0.4, -0.2) is 35.7 Å². The van der Waals surface area contributed by atoms with Crippen molar-refractivity contribution in [3.05, 3.63) is 0 Å². The highest BCUT2D eigenvalue weighted by Gasteiger charge is 2.22. The standard InChI is InChI=1S/C11H23NO/c1-3-5-11(13)9-12-7-6-10(4-2)8-12/h10-11,13H,3-9H2,1-2H3. The van der Waals surface area contributed by atoms with Gasteiger partial charge in [0.25, 0.3) is 0 Å². The number of aliphatic hydroxyl groups is 1. The average Bonchev–Trinajstić information content (AvgIpc) is 2.52. The fraction of sp³-hybridized carbons (Fsp3) is 1.00. The second-order valence-corrected chi connectivity index (χ2v) is 4.27. The van der Waals surface area contributed by atoms with Crippen LogP contribution in [0, 0.1) is 5.92 Å². The average molecular weight is 185 g/mol. The maximum Gasteiger partial charge on any atom is 0.0667 e. The SMILES string of the molecule is CCCC(O)CN1CCC(CC)C1. The van der Waals surface area contributed by atoms with Gasteiger partial charge in [0, 0.05) is 13.1 Å². The Morgan fingerprint density at radius 3 is 2.77 bits per heavy atom. The molecule has 2 nitrogen and oxygen atoms in total. The predicted octanol–water partition coefficient (Wildman–Crippen LogP) is 1.88. The van der Waals surface area contributed by atoms with Crippen molar-refractivity contribution >= 4 is 0 Å². The first kappa shape index (κ1) is 11.0. The summed E-state index contributed by atoms with van der Waals surface area (Å²) in [6, 6.07) is 0. The van der Waals surface area contributed by atoms with Gasteiger partial charge in [-0.2, -0.15) is 0 Å². The lowest BCUT2D eigenvalue weighted by Crippen LogP contribution is -2.30. The Balaban J connectivity index is 2.16. The van der Waals surface area contributed by atoms with Crippen molar-refractivity contribution in [2.24, 2.45) is 5.92 Å². The minimum absolute atomic E-state index is 0.0967. The summed E-state index contributed by atoms with van der Waals surface area (Å²) >= 11 is 0. The second-order valence-electron chi connectivity index (χ2n) is 4.27. The summed E-state index contributed by atoms with van der Waals surface area (Å²) in [5.41, 5.74) is 0. The third kappa shape index (κ3) is 3.65. The Kier molecular flexibility index (Phi) is 4.74. The molecule has 2 heteroatoms. The molecule has 0 spiro atoms. The van der Waals surface area contributed by atoms with E-state index in [0.717, 1.165) is 25.3 Å². The number of nitrogens with zero attached hydrogens (tertiary/aromatic N) is 1. The fourth-order valence-corrected chi connectivity index (χ4v) is 2.13. The number of hydrogen-bond donors (Lipinski definition) is 1. The van der Waals surface area contributed by atoms with Crippen LogP contribution in [0.5, 0.6) is 0 Å². The van der Waals surface area contributed by atoms with Gasteiger partial charge in [-0.15, -0.1) is 0 Å². The maximum atomic E-state index is 9.63. The van der Waals surface area contributed by atoms with Gasteiger partial charge in [-0.3, -0.25) is 0 Å². The van der Waals surface area contributed by atoms with Gasteiger partial charge in [0.15, 0.2) is 0 Å². The highest BCUT2D eigenvalue weighted by Crippen LogP contribution is 2.19. The van der Waals surface area contributed by atoms with Crippen LogP contribution in [0.1, 0.15) is 39.5 Å². The van der Waals surface area contributed by atoms with Gasteiger partial charge in [0.05, 0.1) is 6.10 Å². The summed E-state index contributed by atoms with van der Waals surface area (Å²) < 4.78 is 0. The minimum atomic E-state index is -0.0967. The molecule has 2 atom stereocenters. The molecule has 0 aliphatic carbocycles. The van der Waals surface area contributed by atoms with E-state index in [0.29, 0.717) is 0 Å². The van der Waals surface area contributed by atoms with E-state index in [4.69, 9.17) is 0 Å². The van der Waals surface area contributed by atoms with Crippen molar-refractivity contribution < 1.29 is 5.11 Å². The smallest absolute Gasteiger partial charge is 0.0667 e.